The lowest BCUT2D eigenvalue weighted by atomic mass is 10.0. The molecule has 0 fully saturated rings. The molecule has 0 aliphatic rings. The van der Waals surface area contributed by atoms with Gasteiger partial charge >= 0.3 is 17.9 Å². The van der Waals surface area contributed by atoms with Crippen molar-refractivity contribution in [1.29, 1.82) is 0 Å². The Hall–Kier alpha value is -5.23. The number of allylic oxidation sites excluding steroid dienone is 28. The summed E-state index contributed by atoms with van der Waals surface area (Å²) in [6.45, 7) is 6.31. The third kappa shape index (κ3) is 61.6. The van der Waals surface area contributed by atoms with E-state index in [4.69, 9.17) is 14.2 Å². The van der Waals surface area contributed by atoms with Crippen molar-refractivity contribution in [2.24, 2.45) is 0 Å². The van der Waals surface area contributed by atoms with Gasteiger partial charge in [0.15, 0.2) is 6.10 Å². The predicted octanol–water partition coefficient (Wildman–Crippen LogP) is 21.5. The van der Waals surface area contributed by atoms with Gasteiger partial charge in [0.25, 0.3) is 0 Å². The summed E-state index contributed by atoms with van der Waals surface area (Å²) in [6, 6.07) is 0. The van der Waals surface area contributed by atoms with Crippen LogP contribution in [0.3, 0.4) is 0 Å². The van der Waals surface area contributed by atoms with Crippen molar-refractivity contribution in [2.75, 3.05) is 13.2 Å². The summed E-state index contributed by atoms with van der Waals surface area (Å²) < 4.78 is 16.7. The summed E-state index contributed by atoms with van der Waals surface area (Å²) in [5.74, 6) is -1.04. The van der Waals surface area contributed by atoms with Crippen LogP contribution in [0.25, 0.3) is 0 Å². The Bertz CT molecular complexity index is 1810. The predicted molar refractivity (Wildman–Crippen MR) is 338 cm³/mol. The first kappa shape index (κ1) is 72.8. The molecule has 78 heavy (non-hydrogen) atoms. The molecule has 0 aromatic rings. The normalized spacial score (nSPS) is 13.3. The van der Waals surface area contributed by atoms with E-state index in [0.717, 1.165) is 141 Å². The minimum absolute atomic E-state index is 0.119. The standard InChI is InChI=1S/C72H112O6/c1-4-7-10-13-16-19-22-25-26-27-28-29-30-31-32-33-34-35-36-37-38-39-40-41-42-43-44-45-46-48-50-53-56-59-62-65-71(74)77-68-69(67-76-70(73)64-61-58-55-52-49-24-21-18-15-12-9-6-3)78-72(75)66-63-60-57-54-51-47-23-20-17-14-11-8-5-2/h7-8,10-11,16-17,19-20,25-26,28-29,31-32,34-35,37-38,40-41,43-44,46-48,51,57,60,69H,4-6,9,12-15,18,21-24,27,30,33,36,39,42,45,49-50,52-56,58-59,61-68H2,1-3H3/b10-7-,11-8-,19-16-,20-17-,26-25-,29-28-,32-31-,35-34-,38-37-,41-40-,44-43-,48-46-,51-47-,60-57-. The van der Waals surface area contributed by atoms with Crippen LogP contribution >= 0.6 is 0 Å². The fraction of sp³-hybridized carbons (Fsp3) is 0.569. The van der Waals surface area contributed by atoms with Crippen LogP contribution in [0.15, 0.2) is 170 Å². The van der Waals surface area contributed by atoms with Crippen LogP contribution in [0.1, 0.15) is 245 Å². The van der Waals surface area contributed by atoms with Crippen LogP contribution in [0.2, 0.25) is 0 Å². The van der Waals surface area contributed by atoms with Crippen molar-refractivity contribution in [1.82, 2.24) is 0 Å². The first-order valence-corrected chi connectivity index (χ1v) is 31.1. The van der Waals surface area contributed by atoms with Crippen LogP contribution in [-0.4, -0.2) is 37.2 Å². The van der Waals surface area contributed by atoms with E-state index >= 15 is 0 Å². The average Bonchev–Trinajstić information content (AvgIpc) is 3.44. The van der Waals surface area contributed by atoms with Gasteiger partial charge in [-0.1, -0.05) is 274 Å². The highest BCUT2D eigenvalue weighted by Crippen LogP contribution is 2.14. The van der Waals surface area contributed by atoms with Gasteiger partial charge in [-0.3, -0.25) is 14.4 Å². The van der Waals surface area contributed by atoms with Gasteiger partial charge in [0.1, 0.15) is 13.2 Å². The zero-order chi connectivity index (χ0) is 56.4. The molecule has 0 saturated heterocycles. The molecule has 0 aliphatic heterocycles. The highest BCUT2D eigenvalue weighted by Gasteiger charge is 2.19. The van der Waals surface area contributed by atoms with E-state index in [2.05, 4.69) is 179 Å². The maximum atomic E-state index is 12.8. The topological polar surface area (TPSA) is 78.9 Å². The Morgan fingerprint density at radius 2 is 0.526 bits per heavy atom. The Balaban J connectivity index is 4.33. The molecule has 6 heteroatoms. The monoisotopic (exact) mass is 1070 g/mol. The minimum atomic E-state index is -0.832. The molecule has 0 N–H and O–H groups in total. The Morgan fingerprint density at radius 1 is 0.269 bits per heavy atom. The summed E-state index contributed by atoms with van der Waals surface area (Å²) in [7, 11) is 0. The molecule has 0 aromatic carbocycles. The van der Waals surface area contributed by atoms with Crippen LogP contribution in [0, 0.1) is 0 Å². The van der Waals surface area contributed by atoms with Crippen molar-refractivity contribution < 1.29 is 28.6 Å². The van der Waals surface area contributed by atoms with Crippen molar-refractivity contribution in [3.8, 4) is 0 Å². The van der Waals surface area contributed by atoms with E-state index < -0.39 is 12.1 Å². The highest BCUT2D eigenvalue weighted by atomic mass is 16.6. The summed E-state index contributed by atoms with van der Waals surface area (Å²) >= 11 is 0. The fourth-order valence-electron chi connectivity index (χ4n) is 7.89. The van der Waals surface area contributed by atoms with Gasteiger partial charge < -0.3 is 14.2 Å². The van der Waals surface area contributed by atoms with Crippen molar-refractivity contribution >= 4 is 17.9 Å². The van der Waals surface area contributed by atoms with Crippen molar-refractivity contribution in [3.63, 3.8) is 0 Å². The quantitative estimate of drug-likeness (QED) is 0.0261. The third-order valence-corrected chi connectivity index (χ3v) is 12.5. The third-order valence-electron chi connectivity index (χ3n) is 12.5. The number of carbonyl (C=O) groups excluding carboxylic acids is 3. The number of ether oxygens (including phenoxy) is 3. The Labute approximate surface area is 479 Å². The molecular weight excluding hydrogens is 961 g/mol. The molecule has 0 aromatic heterocycles. The average molecular weight is 1070 g/mol. The number of rotatable bonds is 54. The zero-order valence-electron chi connectivity index (χ0n) is 49.9. The van der Waals surface area contributed by atoms with Crippen LogP contribution in [0.5, 0.6) is 0 Å². The lowest BCUT2D eigenvalue weighted by Gasteiger charge is -2.18. The molecule has 0 saturated carbocycles. The maximum absolute atomic E-state index is 12.8. The molecule has 0 radical (unpaired) electrons. The lowest BCUT2D eigenvalue weighted by molar-refractivity contribution is -0.166. The lowest BCUT2D eigenvalue weighted by Crippen LogP contribution is -2.30. The second-order valence-corrected chi connectivity index (χ2v) is 19.9. The molecule has 436 valence electrons. The van der Waals surface area contributed by atoms with Crippen LogP contribution < -0.4 is 0 Å². The number of hydrogen-bond acceptors (Lipinski definition) is 6. The van der Waals surface area contributed by atoms with Gasteiger partial charge in [0, 0.05) is 19.3 Å². The Morgan fingerprint density at radius 3 is 0.833 bits per heavy atom. The molecule has 1 unspecified atom stereocenters. The maximum Gasteiger partial charge on any atom is 0.306 e. The molecular formula is C72H112O6. The molecule has 6 nitrogen and oxygen atoms in total. The zero-order valence-corrected chi connectivity index (χ0v) is 49.9. The van der Waals surface area contributed by atoms with Gasteiger partial charge in [-0.25, -0.2) is 0 Å². The van der Waals surface area contributed by atoms with Gasteiger partial charge in [0.05, 0.1) is 0 Å². The molecule has 0 spiro atoms. The largest absolute Gasteiger partial charge is 0.462 e. The SMILES string of the molecule is CC/C=C\C/C=C\C/C=C\C/C=C\C/C=C\C/C=C\C/C=C\C/C=C\C/C=C\C/C=C\CCCCCCC(=O)OCC(COC(=O)CCCCCCCCCCCCCC)OC(=O)CC/C=C\C/C=C\C/C=C\C/C=C\CC. The number of carbonyl (C=O) groups is 3. The van der Waals surface area contributed by atoms with E-state index in [9.17, 15) is 14.4 Å². The van der Waals surface area contributed by atoms with Gasteiger partial charge in [0.2, 0.25) is 0 Å². The molecule has 0 rings (SSSR count). The molecule has 0 amide bonds. The van der Waals surface area contributed by atoms with E-state index in [1.54, 1.807) is 0 Å². The second kappa shape index (κ2) is 64.3. The first-order chi connectivity index (χ1) is 38.5. The Kier molecular flexibility index (Phi) is 60.0. The van der Waals surface area contributed by atoms with E-state index in [1.807, 2.05) is 12.2 Å². The first-order valence-electron chi connectivity index (χ1n) is 31.1. The molecule has 1 atom stereocenters. The van der Waals surface area contributed by atoms with Gasteiger partial charge in [-0.2, -0.15) is 0 Å². The van der Waals surface area contributed by atoms with Crippen LogP contribution in [-0.2, 0) is 28.6 Å². The molecule has 0 bridgehead atoms. The molecule has 0 heterocycles. The molecule has 0 aliphatic carbocycles. The van der Waals surface area contributed by atoms with Gasteiger partial charge in [-0.15, -0.1) is 0 Å². The van der Waals surface area contributed by atoms with Gasteiger partial charge in [-0.05, 0) is 122 Å². The van der Waals surface area contributed by atoms with Crippen molar-refractivity contribution in [2.45, 2.75) is 252 Å². The number of esters is 3. The fourth-order valence-corrected chi connectivity index (χ4v) is 7.89. The summed E-state index contributed by atoms with van der Waals surface area (Å²) in [4.78, 5) is 38.1. The smallest absolute Gasteiger partial charge is 0.306 e. The van der Waals surface area contributed by atoms with E-state index in [-0.39, 0.29) is 31.6 Å². The van der Waals surface area contributed by atoms with Crippen molar-refractivity contribution in [3.05, 3.63) is 170 Å². The summed E-state index contributed by atoms with van der Waals surface area (Å²) in [6.07, 6.45) is 95.2. The van der Waals surface area contributed by atoms with E-state index in [0.29, 0.717) is 19.3 Å². The van der Waals surface area contributed by atoms with Crippen LogP contribution in [0.4, 0.5) is 0 Å². The van der Waals surface area contributed by atoms with E-state index in [1.165, 1.54) is 57.8 Å². The number of unbranched alkanes of at least 4 members (excludes halogenated alkanes) is 15. The summed E-state index contributed by atoms with van der Waals surface area (Å²) in [5.41, 5.74) is 0. The minimum Gasteiger partial charge on any atom is -0.462 e. The summed E-state index contributed by atoms with van der Waals surface area (Å²) in [5, 5.41) is 0. The second-order valence-electron chi connectivity index (χ2n) is 19.9. The number of hydrogen-bond donors (Lipinski definition) is 0. The highest BCUT2D eigenvalue weighted by molar-refractivity contribution is 5.71.